The van der Waals surface area contributed by atoms with Crippen molar-refractivity contribution in [3.8, 4) is 0 Å². The van der Waals surface area contributed by atoms with E-state index in [-0.39, 0.29) is 18.0 Å². The van der Waals surface area contributed by atoms with Crippen LogP contribution in [-0.2, 0) is 11.2 Å². The van der Waals surface area contributed by atoms with Crippen LogP contribution in [0.3, 0.4) is 0 Å². The second-order valence-electron chi connectivity index (χ2n) is 4.91. The number of morpholine rings is 1. The minimum absolute atomic E-state index is 0.0415. The van der Waals surface area contributed by atoms with E-state index >= 15 is 0 Å². The minimum atomic E-state index is -0.216. The van der Waals surface area contributed by atoms with Crippen LogP contribution in [0.4, 0.5) is 4.39 Å². The van der Waals surface area contributed by atoms with Crippen LogP contribution in [-0.4, -0.2) is 43.3 Å². The summed E-state index contributed by atoms with van der Waals surface area (Å²) in [6, 6.07) is 6.58. The second-order valence-corrected chi connectivity index (χ2v) is 4.91. The number of hydrogen-bond acceptors (Lipinski definition) is 4. The van der Waals surface area contributed by atoms with E-state index in [1.165, 1.54) is 12.1 Å². The summed E-state index contributed by atoms with van der Waals surface area (Å²) in [4.78, 5) is 2.35. The fraction of sp³-hybridized carbons (Fsp3) is 0.571. The number of likely N-dealkylation sites (N-methyl/N-ethyl adjacent to an activating group) is 1. The van der Waals surface area contributed by atoms with Crippen molar-refractivity contribution in [3.05, 3.63) is 35.6 Å². The Morgan fingerprint density at radius 3 is 2.84 bits per heavy atom. The largest absolute Gasteiger partial charge is 0.374 e. The summed E-state index contributed by atoms with van der Waals surface area (Å²) in [5, 5.41) is 0. The van der Waals surface area contributed by atoms with E-state index in [1.54, 1.807) is 12.1 Å². The molecule has 1 heterocycles. The maximum atomic E-state index is 12.9. The molecule has 1 aromatic rings. The van der Waals surface area contributed by atoms with Gasteiger partial charge < -0.3 is 4.74 Å². The number of nitrogens with two attached hydrogens (primary N) is 1. The Morgan fingerprint density at radius 2 is 2.21 bits per heavy atom. The fourth-order valence-electron chi connectivity index (χ4n) is 2.43. The molecule has 0 radical (unpaired) electrons. The summed E-state index contributed by atoms with van der Waals surface area (Å²) < 4.78 is 18.7. The molecular formula is C14H22FN3O. The Bertz CT molecular complexity index is 385. The van der Waals surface area contributed by atoms with Gasteiger partial charge in [0.1, 0.15) is 5.82 Å². The smallest absolute Gasteiger partial charge is 0.123 e. The van der Waals surface area contributed by atoms with Gasteiger partial charge in [0.2, 0.25) is 0 Å². The Morgan fingerprint density at radius 1 is 1.47 bits per heavy atom. The quantitative estimate of drug-likeness (QED) is 0.615. The molecule has 1 aliphatic heterocycles. The molecule has 0 saturated carbocycles. The zero-order valence-corrected chi connectivity index (χ0v) is 11.3. The molecule has 106 valence electrons. The highest BCUT2D eigenvalue weighted by Gasteiger charge is 2.26. The average Bonchev–Trinajstić information content (AvgIpc) is 2.46. The highest BCUT2D eigenvalue weighted by molar-refractivity contribution is 5.17. The number of hydrazine groups is 1. The maximum Gasteiger partial charge on any atom is 0.123 e. The van der Waals surface area contributed by atoms with Gasteiger partial charge in [0, 0.05) is 13.1 Å². The van der Waals surface area contributed by atoms with E-state index < -0.39 is 0 Å². The van der Waals surface area contributed by atoms with Crippen molar-refractivity contribution in [2.45, 2.75) is 25.5 Å². The number of halogens is 1. The predicted molar refractivity (Wildman–Crippen MR) is 73.1 cm³/mol. The van der Waals surface area contributed by atoms with E-state index in [1.807, 2.05) is 0 Å². The third kappa shape index (κ3) is 3.98. The van der Waals surface area contributed by atoms with Crippen molar-refractivity contribution in [1.82, 2.24) is 10.3 Å². The Labute approximate surface area is 113 Å². The Kier molecular flexibility index (Phi) is 5.27. The van der Waals surface area contributed by atoms with Crippen molar-refractivity contribution >= 4 is 0 Å². The first-order valence-corrected chi connectivity index (χ1v) is 6.77. The molecular weight excluding hydrogens is 245 g/mol. The summed E-state index contributed by atoms with van der Waals surface area (Å²) in [5.41, 5.74) is 3.89. The first kappa shape index (κ1) is 14.4. The van der Waals surface area contributed by atoms with Crippen LogP contribution in [0, 0.1) is 5.82 Å². The summed E-state index contributed by atoms with van der Waals surface area (Å²) in [5.74, 6) is 5.43. The fourth-order valence-corrected chi connectivity index (χ4v) is 2.43. The van der Waals surface area contributed by atoms with Crippen molar-refractivity contribution in [1.29, 1.82) is 0 Å². The zero-order chi connectivity index (χ0) is 13.7. The maximum absolute atomic E-state index is 12.9. The van der Waals surface area contributed by atoms with Gasteiger partial charge in [-0.1, -0.05) is 19.1 Å². The lowest BCUT2D eigenvalue weighted by atomic mass is 10.0. The van der Waals surface area contributed by atoms with Crippen LogP contribution < -0.4 is 11.3 Å². The van der Waals surface area contributed by atoms with Gasteiger partial charge in [0.15, 0.2) is 0 Å². The van der Waals surface area contributed by atoms with Crippen LogP contribution in [0.5, 0.6) is 0 Å². The van der Waals surface area contributed by atoms with Crippen molar-refractivity contribution < 1.29 is 9.13 Å². The van der Waals surface area contributed by atoms with Crippen LogP contribution >= 0.6 is 0 Å². The first-order valence-electron chi connectivity index (χ1n) is 6.77. The van der Waals surface area contributed by atoms with Crippen LogP contribution in [0.2, 0.25) is 0 Å². The molecule has 4 nitrogen and oxygen atoms in total. The monoisotopic (exact) mass is 267 g/mol. The minimum Gasteiger partial charge on any atom is -0.374 e. The summed E-state index contributed by atoms with van der Waals surface area (Å²) in [6.45, 7) is 5.76. The molecule has 0 bridgehead atoms. The third-order valence-corrected chi connectivity index (χ3v) is 3.66. The summed E-state index contributed by atoms with van der Waals surface area (Å²) in [6.07, 6.45) is 0.808. The lowest BCUT2D eigenvalue weighted by Gasteiger charge is -2.36. The predicted octanol–water partition coefficient (Wildman–Crippen LogP) is 0.921. The molecule has 2 unspecified atom stereocenters. The standard InChI is InChI=1S/C14H22FN3O/c1-2-18-7-8-19-14(10-18)13(17-16)9-11-3-5-12(15)6-4-11/h3-6,13-14,17H,2,7-10,16H2,1H3. The first-order chi connectivity index (χ1) is 9.22. The van der Waals surface area contributed by atoms with E-state index in [4.69, 9.17) is 10.6 Å². The number of hydrogen-bond donors (Lipinski definition) is 2. The topological polar surface area (TPSA) is 50.5 Å². The highest BCUT2D eigenvalue weighted by Crippen LogP contribution is 2.13. The number of nitrogens with one attached hydrogen (secondary N) is 1. The van der Waals surface area contributed by atoms with Crippen molar-refractivity contribution in [3.63, 3.8) is 0 Å². The molecule has 0 spiro atoms. The van der Waals surface area contributed by atoms with Crippen LogP contribution in [0.15, 0.2) is 24.3 Å². The molecule has 1 aromatic carbocycles. The SMILES string of the molecule is CCN1CCOC(C(Cc2ccc(F)cc2)NN)C1. The molecule has 2 atom stereocenters. The van der Waals surface area contributed by atoms with Crippen LogP contribution in [0.1, 0.15) is 12.5 Å². The Balaban J connectivity index is 1.97. The molecule has 0 aliphatic carbocycles. The van der Waals surface area contributed by atoms with Crippen molar-refractivity contribution in [2.24, 2.45) is 5.84 Å². The lowest BCUT2D eigenvalue weighted by molar-refractivity contribution is -0.0447. The molecule has 2 rings (SSSR count). The normalized spacial score (nSPS) is 22.4. The third-order valence-electron chi connectivity index (χ3n) is 3.66. The van der Waals surface area contributed by atoms with Crippen molar-refractivity contribution in [2.75, 3.05) is 26.2 Å². The molecule has 0 amide bonds. The molecule has 1 fully saturated rings. The number of benzene rings is 1. The molecule has 3 N–H and O–H groups in total. The van der Waals surface area contributed by atoms with Gasteiger partial charge in [0.05, 0.1) is 18.8 Å². The van der Waals surface area contributed by atoms with Gasteiger partial charge in [-0.3, -0.25) is 16.2 Å². The van der Waals surface area contributed by atoms with E-state index in [0.717, 1.165) is 38.2 Å². The number of nitrogens with zero attached hydrogens (tertiary/aromatic N) is 1. The van der Waals surface area contributed by atoms with E-state index in [2.05, 4.69) is 17.2 Å². The zero-order valence-electron chi connectivity index (χ0n) is 11.3. The highest BCUT2D eigenvalue weighted by atomic mass is 19.1. The van der Waals surface area contributed by atoms with Gasteiger partial charge in [-0.05, 0) is 30.7 Å². The summed E-state index contributed by atoms with van der Waals surface area (Å²) in [7, 11) is 0. The molecule has 0 aromatic heterocycles. The van der Waals surface area contributed by atoms with E-state index in [9.17, 15) is 4.39 Å². The second kappa shape index (κ2) is 6.96. The average molecular weight is 267 g/mol. The molecule has 19 heavy (non-hydrogen) atoms. The molecule has 5 heteroatoms. The van der Waals surface area contributed by atoms with Crippen LogP contribution in [0.25, 0.3) is 0 Å². The molecule has 1 aliphatic rings. The Hall–Kier alpha value is -1.01. The lowest BCUT2D eigenvalue weighted by Crippen LogP contribution is -2.54. The number of rotatable bonds is 5. The van der Waals surface area contributed by atoms with Gasteiger partial charge in [0.25, 0.3) is 0 Å². The van der Waals surface area contributed by atoms with Gasteiger partial charge >= 0.3 is 0 Å². The number of ether oxygens (including phenoxy) is 1. The summed E-state index contributed by atoms with van der Waals surface area (Å²) >= 11 is 0. The van der Waals surface area contributed by atoms with Gasteiger partial charge in [-0.15, -0.1) is 0 Å². The van der Waals surface area contributed by atoms with E-state index in [0.29, 0.717) is 0 Å². The molecule has 1 saturated heterocycles. The van der Waals surface area contributed by atoms with Gasteiger partial charge in [-0.25, -0.2) is 4.39 Å². The van der Waals surface area contributed by atoms with Gasteiger partial charge in [-0.2, -0.15) is 0 Å².